The van der Waals surface area contributed by atoms with Crippen LogP contribution in [-0.2, 0) is 0 Å². The van der Waals surface area contributed by atoms with Crippen LogP contribution in [0.3, 0.4) is 0 Å². The Balaban J connectivity index is 2.75. The van der Waals surface area contributed by atoms with E-state index in [4.69, 9.17) is 11.6 Å². The summed E-state index contributed by atoms with van der Waals surface area (Å²) < 4.78 is 1.79. The van der Waals surface area contributed by atoms with Crippen LogP contribution in [0.25, 0.3) is 11.0 Å². The minimum atomic E-state index is 0.261. The van der Waals surface area contributed by atoms with Gasteiger partial charge in [0.25, 0.3) is 0 Å². The van der Waals surface area contributed by atoms with E-state index in [-0.39, 0.29) is 6.04 Å². The van der Waals surface area contributed by atoms with Gasteiger partial charge >= 0.3 is 0 Å². The van der Waals surface area contributed by atoms with Gasteiger partial charge in [-0.05, 0) is 13.8 Å². The number of hydrogen-bond donors (Lipinski definition) is 0. The van der Waals surface area contributed by atoms with Gasteiger partial charge in [0.05, 0.1) is 11.6 Å². The Kier molecular flexibility index (Phi) is 1.92. The maximum Gasteiger partial charge on any atom is 0.201 e. The molecule has 0 aliphatic rings. The van der Waals surface area contributed by atoms with Crippen molar-refractivity contribution in [2.45, 2.75) is 19.9 Å². The highest BCUT2D eigenvalue weighted by Gasteiger charge is 2.09. The predicted molar refractivity (Wildman–Crippen MR) is 49.6 cm³/mol. The van der Waals surface area contributed by atoms with E-state index in [1.165, 1.54) is 0 Å². The predicted octanol–water partition coefficient (Wildman–Crippen LogP) is 1.86. The molecule has 2 aromatic rings. The third-order valence-electron chi connectivity index (χ3n) is 1.78. The second-order valence-corrected chi connectivity index (χ2v) is 3.39. The lowest BCUT2D eigenvalue weighted by atomic mass is 10.4. The molecule has 67 valence electrons. The van der Waals surface area contributed by atoms with Crippen molar-refractivity contribution in [3.05, 3.63) is 17.7 Å². The Hall–Kier alpha value is -1.16. The fourth-order valence-corrected chi connectivity index (χ4v) is 1.34. The number of rotatable bonds is 1. The fraction of sp³-hybridized carbons (Fsp3) is 0.375. The highest BCUT2D eigenvalue weighted by molar-refractivity contribution is 6.33. The SMILES string of the molecule is CC(C)n1ncc2c(Cl)n[c]nc21. The summed E-state index contributed by atoms with van der Waals surface area (Å²) in [5, 5.41) is 5.34. The molecule has 1 radical (unpaired) electrons. The summed E-state index contributed by atoms with van der Waals surface area (Å²) in [4.78, 5) is 7.76. The van der Waals surface area contributed by atoms with Gasteiger partial charge in [0.1, 0.15) is 5.15 Å². The normalized spacial score (nSPS) is 11.4. The zero-order valence-electron chi connectivity index (χ0n) is 7.32. The molecule has 0 atom stereocenters. The standard InChI is InChI=1S/C8H8ClN4/c1-5(2)13-8-6(3-12-13)7(9)10-4-11-8/h3,5H,1-2H3. The summed E-state index contributed by atoms with van der Waals surface area (Å²) >= 11 is 5.84. The molecule has 0 bridgehead atoms. The van der Waals surface area contributed by atoms with Gasteiger partial charge in [0.2, 0.25) is 6.33 Å². The van der Waals surface area contributed by atoms with Crippen LogP contribution in [0.1, 0.15) is 19.9 Å². The molecule has 4 nitrogen and oxygen atoms in total. The van der Waals surface area contributed by atoms with E-state index in [9.17, 15) is 0 Å². The number of hydrogen-bond acceptors (Lipinski definition) is 3. The molecule has 0 fully saturated rings. The fourth-order valence-electron chi connectivity index (χ4n) is 1.17. The van der Waals surface area contributed by atoms with Crippen LogP contribution in [0.4, 0.5) is 0 Å². The van der Waals surface area contributed by atoms with Crippen LogP contribution in [0, 0.1) is 6.33 Å². The Bertz CT molecular complexity index is 435. The molecular formula is C8H8ClN4. The van der Waals surface area contributed by atoms with E-state index >= 15 is 0 Å². The molecule has 2 heterocycles. The maximum absolute atomic E-state index is 5.84. The van der Waals surface area contributed by atoms with Crippen molar-refractivity contribution >= 4 is 22.6 Å². The van der Waals surface area contributed by atoms with E-state index in [0.717, 1.165) is 11.0 Å². The first-order valence-corrected chi connectivity index (χ1v) is 4.34. The van der Waals surface area contributed by atoms with Gasteiger partial charge in [-0.1, -0.05) is 11.6 Å². The smallest absolute Gasteiger partial charge is 0.201 e. The minimum Gasteiger partial charge on any atom is -0.245 e. The van der Waals surface area contributed by atoms with Crippen LogP contribution in [0.15, 0.2) is 6.20 Å². The average Bonchev–Trinajstić information content (AvgIpc) is 2.48. The van der Waals surface area contributed by atoms with Crippen LogP contribution >= 0.6 is 11.6 Å². The molecule has 0 unspecified atom stereocenters. The summed E-state index contributed by atoms with van der Waals surface area (Å²) in [5.74, 6) is 0. The van der Waals surface area contributed by atoms with Gasteiger partial charge in [-0.3, -0.25) is 0 Å². The van der Waals surface area contributed by atoms with Crippen molar-refractivity contribution in [3.8, 4) is 0 Å². The molecular weight excluding hydrogens is 188 g/mol. The largest absolute Gasteiger partial charge is 0.245 e. The van der Waals surface area contributed by atoms with Crippen LogP contribution in [-0.4, -0.2) is 19.7 Å². The van der Waals surface area contributed by atoms with Gasteiger partial charge in [0, 0.05) is 6.04 Å². The molecule has 0 aromatic carbocycles. The summed E-state index contributed by atoms with van der Waals surface area (Å²) in [6.07, 6.45) is 4.16. The molecule has 0 saturated heterocycles. The van der Waals surface area contributed by atoms with Crippen molar-refractivity contribution in [2.24, 2.45) is 0 Å². The van der Waals surface area contributed by atoms with Crippen molar-refractivity contribution in [3.63, 3.8) is 0 Å². The second kappa shape index (κ2) is 2.96. The first kappa shape index (κ1) is 8.44. The first-order valence-electron chi connectivity index (χ1n) is 3.97. The zero-order valence-corrected chi connectivity index (χ0v) is 8.08. The van der Waals surface area contributed by atoms with Gasteiger partial charge in [-0.15, -0.1) is 0 Å². The van der Waals surface area contributed by atoms with E-state index in [1.54, 1.807) is 10.9 Å². The van der Waals surface area contributed by atoms with E-state index < -0.39 is 0 Å². The summed E-state index contributed by atoms with van der Waals surface area (Å²) in [5.41, 5.74) is 0.731. The molecule has 0 spiro atoms. The Morgan fingerprint density at radius 2 is 2.23 bits per heavy atom. The number of halogens is 1. The molecule has 0 aliphatic carbocycles. The molecule has 13 heavy (non-hydrogen) atoms. The summed E-state index contributed by atoms with van der Waals surface area (Å²) in [6, 6.07) is 0.261. The van der Waals surface area contributed by atoms with Crippen LogP contribution in [0.2, 0.25) is 5.15 Å². The van der Waals surface area contributed by atoms with Crippen molar-refractivity contribution < 1.29 is 0 Å². The van der Waals surface area contributed by atoms with Crippen molar-refractivity contribution in [1.29, 1.82) is 0 Å². The zero-order chi connectivity index (χ0) is 9.42. The van der Waals surface area contributed by atoms with Gasteiger partial charge < -0.3 is 0 Å². The maximum atomic E-state index is 5.84. The topological polar surface area (TPSA) is 43.6 Å². The quantitative estimate of drug-likeness (QED) is 0.653. The van der Waals surface area contributed by atoms with Crippen LogP contribution in [0.5, 0.6) is 0 Å². The Labute approximate surface area is 80.6 Å². The molecule has 2 aromatic heterocycles. The van der Waals surface area contributed by atoms with Crippen molar-refractivity contribution in [2.75, 3.05) is 0 Å². The van der Waals surface area contributed by atoms with E-state index in [2.05, 4.69) is 21.4 Å². The van der Waals surface area contributed by atoms with E-state index in [0.29, 0.717) is 5.15 Å². The van der Waals surface area contributed by atoms with Crippen LogP contribution < -0.4 is 0 Å². The van der Waals surface area contributed by atoms with Crippen molar-refractivity contribution in [1.82, 2.24) is 19.7 Å². The molecule has 0 N–H and O–H groups in total. The number of fused-ring (bicyclic) bond motifs is 1. The lowest BCUT2D eigenvalue weighted by Gasteiger charge is -2.04. The molecule has 5 heteroatoms. The van der Waals surface area contributed by atoms with E-state index in [1.807, 2.05) is 13.8 Å². The molecule has 0 aliphatic heterocycles. The monoisotopic (exact) mass is 195 g/mol. The summed E-state index contributed by atoms with van der Waals surface area (Å²) in [6.45, 7) is 4.06. The lowest BCUT2D eigenvalue weighted by Crippen LogP contribution is -2.03. The third kappa shape index (κ3) is 1.27. The van der Waals surface area contributed by atoms with Gasteiger partial charge in [0.15, 0.2) is 5.65 Å². The lowest BCUT2D eigenvalue weighted by molar-refractivity contribution is 0.546. The number of aromatic nitrogens is 4. The average molecular weight is 196 g/mol. The highest BCUT2D eigenvalue weighted by Crippen LogP contribution is 2.20. The second-order valence-electron chi connectivity index (χ2n) is 3.03. The first-order chi connectivity index (χ1) is 6.20. The Morgan fingerprint density at radius 3 is 2.92 bits per heavy atom. The molecule has 2 rings (SSSR count). The van der Waals surface area contributed by atoms with Gasteiger partial charge in [-0.2, -0.15) is 5.10 Å². The third-order valence-corrected chi connectivity index (χ3v) is 2.07. The van der Waals surface area contributed by atoms with Gasteiger partial charge in [-0.25, -0.2) is 14.6 Å². The molecule has 0 amide bonds. The molecule has 0 saturated carbocycles. The highest BCUT2D eigenvalue weighted by atomic mass is 35.5. The minimum absolute atomic E-state index is 0.261. The number of nitrogens with zero attached hydrogens (tertiary/aromatic N) is 4. The Morgan fingerprint density at radius 1 is 1.46 bits per heavy atom. The summed E-state index contributed by atoms with van der Waals surface area (Å²) in [7, 11) is 0.